The third-order valence-corrected chi connectivity index (χ3v) is 4.80. The molecule has 0 fully saturated rings. The zero-order valence-corrected chi connectivity index (χ0v) is 14.9. The van der Waals surface area contributed by atoms with E-state index in [1.54, 1.807) is 7.11 Å². The van der Waals surface area contributed by atoms with E-state index in [1.807, 2.05) is 18.2 Å². The summed E-state index contributed by atoms with van der Waals surface area (Å²) >= 11 is 6.36. The summed E-state index contributed by atoms with van der Waals surface area (Å²) in [4.78, 5) is 0. The first-order chi connectivity index (χ1) is 11.7. The molecule has 4 heteroatoms. The molecule has 1 N–H and O–H groups in total. The van der Waals surface area contributed by atoms with Crippen LogP contribution < -0.4 is 5.32 Å². The molecular formula is C20H23ClN2O. The Labute approximate surface area is 148 Å². The smallest absolute Gasteiger partial charge is 0.0587 e. The monoisotopic (exact) mass is 342 g/mol. The molecule has 0 aliphatic rings. The van der Waals surface area contributed by atoms with Crippen molar-refractivity contribution in [2.24, 2.45) is 0 Å². The maximum absolute atomic E-state index is 6.36. The number of ether oxygens (including phenoxy) is 1. The lowest BCUT2D eigenvalue weighted by Gasteiger charge is -2.11. The second-order valence-electron chi connectivity index (χ2n) is 5.93. The van der Waals surface area contributed by atoms with E-state index in [-0.39, 0.29) is 0 Å². The van der Waals surface area contributed by atoms with Crippen LogP contribution in [0.1, 0.15) is 16.8 Å². The first kappa shape index (κ1) is 17.0. The summed E-state index contributed by atoms with van der Waals surface area (Å²) in [6.45, 7) is 5.37. The summed E-state index contributed by atoms with van der Waals surface area (Å²) in [6.07, 6.45) is 0. The van der Waals surface area contributed by atoms with Crippen molar-refractivity contribution in [2.45, 2.75) is 20.0 Å². The van der Waals surface area contributed by atoms with Crippen LogP contribution in [0.3, 0.4) is 0 Å². The molecule has 1 heterocycles. The van der Waals surface area contributed by atoms with Crippen LogP contribution in [0.4, 0.5) is 0 Å². The Bertz CT molecular complexity index is 826. The Hall–Kier alpha value is -1.81. The highest BCUT2D eigenvalue weighted by molar-refractivity contribution is 6.31. The summed E-state index contributed by atoms with van der Waals surface area (Å²) < 4.78 is 7.46. The molecule has 0 aliphatic heterocycles. The number of methoxy groups -OCH3 is 1. The van der Waals surface area contributed by atoms with Gasteiger partial charge >= 0.3 is 0 Å². The number of nitrogens with one attached hydrogen (secondary N) is 1. The SMILES string of the molecule is COCCNCc1c(C)n(Cc2ccccc2Cl)c2ccccc12. The van der Waals surface area contributed by atoms with Crippen LogP contribution in [0, 0.1) is 6.92 Å². The molecule has 24 heavy (non-hydrogen) atoms. The third-order valence-electron chi connectivity index (χ3n) is 4.43. The standard InChI is InChI=1S/C20H23ClN2O/c1-15-18(13-22-11-12-24-2)17-8-4-6-10-20(17)23(15)14-16-7-3-5-9-19(16)21/h3-10,22H,11-14H2,1-2H3. The average molecular weight is 343 g/mol. The van der Waals surface area contributed by atoms with Gasteiger partial charge in [0.25, 0.3) is 0 Å². The minimum atomic E-state index is 0.720. The second-order valence-corrected chi connectivity index (χ2v) is 6.34. The van der Waals surface area contributed by atoms with Crippen molar-refractivity contribution in [3.05, 3.63) is 70.4 Å². The fourth-order valence-corrected chi connectivity index (χ4v) is 3.31. The first-order valence-electron chi connectivity index (χ1n) is 8.22. The molecule has 0 unspecified atom stereocenters. The lowest BCUT2D eigenvalue weighted by Crippen LogP contribution is -2.19. The molecule has 3 nitrogen and oxygen atoms in total. The maximum atomic E-state index is 6.36. The zero-order chi connectivity index (χ0) is 16.9. The lowest BCUT2D eigenvalue weighted by atomic mass is 10.1. The van der Waals surface area contributed by atoms with Gasteiger partial charge in [-0.15, -0.1) is 0 Å². The normalized spacial score (nSPS) is 11.3. The number of aromatic nitrogens is 1. The van der Waals surface area contributed by atoms with Crippen LogP contribution in [-0.2, 0) is 17.8 Å². The van der Waals surface area contributed by atoms with Gasteiger partial charge in [0, 0.05) is 48.4 Å². The minimum absolute atomic E-state index is 0.720. The van der Waals surface area contributed by atoms with Gasteiger partial charge < -0.3 is 14.6 Å². The van der Waals surface area contributed by atoms with Crippen molar-refractivity contribution < 1.29 is 4.74 Å². The van der Waals surface area contributed by atoms with E-state index < -0.39 is 0 Å². The van der Waals surface area contributed by atoms with E-state index in [0.29, 0.717) is 0 Å². The van der Waals surface area contributed by atoms with Gasteiger partial charge in [-0.3, -0.25) is 0 Å². The molecular weight excluding hydrogens is 320 g/mol. The van der Waals surface area contributed by atoms with E-state index in [4.69, 9.17) is 16.3 Å². The number of hydrogen-bond donors (Lipinski definition) is 1. The molecule has 0 bridgehead atoms. The number of para-hydroxylation sites is 1. The third kappa shape index (κ3) is 3.48. The number of benzene rings is 2. The van der Waals surface area contributed by atoms with Crippen LogP contribution in [0.15, 0.2) is 48.5 Å². The average Bonchev–Trinajstić information content (AvgIpc) is 2.86. The molecule has 1 aromatic heterocycles. The van der Waals surface area contributed by atoms with Crippen LogP contribution in [0.5, 0.6) is 0 Å². The summed E-state index contributed by atoms with van der Waals surface area (Å²) in [6, 6.07) is 16.6. The maximum Gasteiger partial charge on any atom is 0.0587 e. The number of halogens is 1. The highest BCUT2D eigenvalue weighted by Gasteiger charge is 2.14. The molecule has 2 aromatic carbocycles. The molecule has 0 spiro atoms. The van der Waals surface area contributed by atoms with Gasteiger partial charge in [-0.1, -0.05) is 48.0 Å². The second kappa shape index (κ2) is 7.84. The molecule has 0 radical (unpaired) electrons. The van der Waals surface area contributed by atoms with E-state index in [0.717, 1.165) is 36.8 Å². The van der Waals surface area contributed by atoms with E-state index in [2.05, 4.69) is 47.1 Å². The Kier molecular flexibility index (Phi) is 5.56. The predicted octanol–water partition coefficient (Wildman–Crippen LogP) is 4.39. The lowest BCUT2D eigenvalue weighted by molar-refractivity contribution is 0.199. The largest absolute Gasteiger partial charge is 0.383 e. The van der Waals surface area contributed by atoms with Gasteiger partial charge in [-0.2, -0.15) is 0 Å². The van der Waals surface area contributed by atoms with E-state index in [1.165, 1.54) is 22.2 Å². The summed E-state index contributed by atoms with van der Waals surface area (Å²) in [7, 11) is 1.72. The highest BCUT2D eigenvalue weighted by Crippen LogP contribution is 2.28. The van der Waals surface area contributed by atoms with Crippen LogP contribution >= 0.6 is 11.6 Å². The predicted molar refractivity (Wildman–Crippen MR) is 101 cm³/mol. The molecule has 0 amide bonds. The molecule has 0 aliphatic carbocycles. The Morgan fingerprint density at radius 2 is 1.83 bits per heavy atom. The summed E-state index contributed by atoms with van der Waals surface area (Å²) in [5, 5.41) is 5.57. The van der Waals surface area contributed by atoms with Crippen LogP contribution in [0.25, 0.3) is 10.9 Å². The number of rotatable bonds is 7. The zero-order valence-electron chi connectivity index (χ0n) is 14.2. The summed E-state index contributed by atoms with van der Waals surface area (Å²) in [5.74, 6) is 0. The fraction of sp³-hybridized carbons (Fsp3) is 0.300. The quantitative estimate of drug-likeness (QED) is 0.644. The molecule has 3 rings (SSSR count). The Morgan fingerprint density at radius 3 is 2.62 bits per heavy atom. The van der Waals surface area contributed by atoms with Crippen molar-refractivity contribution in [3.8, 4) is 0 Å². The van der Waals surface area contributed by atoms with Gasteiger partial charge in [0.2, 0.25) is 0 Å². The van der Waals surface area contributed by atoms with Gasteiger partial charge in [0.1, 0.15) is 0 Å². The van der Waals surface area contributed by atoms with Crippen molar-refractivity contribution in [2.75, 3.05) is 20.3 Å². The van der Waals surface area contributed by atoms with Gasteiger partial charge in [0.15, 0.2) is 0 Å². The van der Waals surface area contributed by atoms with Crippen molar-refractivity contribution >= 4 is 22.5 Å². The molecule has 0 saturated carbocycles. The number of hydrogen-bond acceptors (Lipinski definition) is 2. The van der Waals surface area contributed by atoms with Gasteiger partial charge in [-0.25, -0.2) is 0 Å². The van der Waals surface area contributed by atoms with Crippen LogP contribution in [0.2, 0.25) is 5.02 Å². The van der Waals surface area contributed by atoms with Gasteiger partial charge in [0.05, 0.1) is 6.61 Å². The van der Waals surface area contributed by atoms with Crippen molar-refractivity contribution in [3.63, 3.8) is 0 Å². The fourth-order valence-electron chi connectivity index (χ4n) is 3.11. The number of fused-ring (bicyclic) bond motifs is 1. The van der Waals surface area contributed by atoms with Gasteiger partial charge in [-0.05, 0) is 30.2 Å². The highest BCUT2D eigenvalue weighted by atomic mass is 35.5. The topological polar surface area (TPSA) is 26.2 Å². The molecule has 126 valence electrons. The van der Waals surface area contributed by atoms with E-state index in [9.17, 15) is 0 Å². The van der Waals surface area contributed by atoms with Crippen molar-refractivity contribution in [1.29, 1.82) is 0 Å². The Balaban J connectivity index is 1.96. The molecule has 0 saturated heterocycles. The van der Waals surface area contributed by atoms with E-state index >= 15 is 0 Å². The number of nitrogens with zero attached hydrogens (tertiary/aromatic N) is 1. The molecule has 0 atom stereocenters. The summed E-state index contributed by atoms with van der Waals surface area (Å²) in [5.41, 5.74) is 5.01. The van der Waals surface area contributed by atoms with Crippen LogP contribution in [-0.4, -0.2) is 24.8 Å². The molecule has 3 aromatic rings. The first-order valence-corrected chi connectivity index (χ1v) is 8.60. The van der Waals surface area contributed by atoms with Crippen molar-refractivity contribution in [1.82, 2.24) is 9.88 Å². The minimum Gasteiger partial charge on any atom is -0.383 e. The Morgan fingerprint density at radius 1 is 1.08 bits per heavy atom.